The molecule has 1 aliphatic rings. The smallest absolute Gasteiger partial charge is 0.246 e. The number of nitrogens with zero attached hydrogens (tertiary/aromatic N) is 1. The zero-order valence-electron chi connectivity index (χ0n) is 10.3. The Morgan fingerprint density at radius 1 is 1.53 bits per heavy atom. The number of morpholine rings is 1. The number of halogens is 2. The van der Waals surface area contributed by atoms with E-state index >= 15 is 0 Å². The minimum Gasteiger partial charge on any atom is -0.399 e. The van der Waals surface area contributed by atoms with Gasteiger partial charge in [-0.3, -0.25) is 0 Å². The van der Waals surface area contributed by atoms with E-state index in [1.807, 2.05) is 0 Å². The fourth-order valence-electron chi connectivity index (χ4n) is 1.92. The Kier molecular flexibility index (Phi) is 4.14. The standard InChI is InChI=1S/C11H14BrFN2O3S/c1-7-6-15(2-3-18-7)19(16,17)10-5-8(14)4-9(12)11(10)13/h4-5,7H,2-3,6,14H2,1H3. The van der Waals surface area contributed by atoms with Gasteiger partial charge < -0.3 is 10.5 Å². The van der Waals surface area contributed by atoms with Gasteiger partial charge in [0.2, 0.25) is 10.0 Å². The molecule has 0 amide bonds. The SMILES string of the molecule is CC1CN(S(=O)(=O)c2cc(N)cc(Br)c2F)CCO1. The molecule has 2 N–H and O–H groups in total. The van der Waals surface area contributed by atoms with Crippen molar-refractivity contribution in [2.45, 2.75) is 17.9 Å². The van der Waals surface area contributed by atoms with Gasteiger partial charge in [-0.1, -0.05) is 0 Å². The zero-order chi connectivity index (χ0) is 14.2. The van der Waals surface area contributed by atoms with E-state index in [9.17, 15) is 12.8 Å². The van der Waals surface area contributed by atoms with E-state index in [0.717, 1.165) is 6.07 Å². The normalized spacial score (nSPS) is 21.5. The van der Waals surface area contributed by atoms with Gasteiger partial charge >= 0.3 is 0 Å². The molecule has 1 aromatic carbocycles. The molecule has 0 radical (unpaired) electrons. The topological polar surface area (TPSA) is 72.6 Å². The van der Waals surface area contributed by atoms with Crippen molar-refractivity contribution in [1.29, 1.82) is 0 Å². The van der Waals surface area contributed by atoms with Gasteiger partial charge in [0, 0.05) is 18.8 Å². The van der Waals surface area contributed by atoms with Crippen molar-refractivity contribution in [3.8, 4) is 0 Å². The van der Waals surface area contributed by atoms with Gasteiger partial charge in [0.1, 0.15) is 4.90 Å². The maximum absolute atomic E-state index is 14.0. The summed E-state index contributed by atoms with van der Waals surface area (Å²) in [6.45, 7) is 2.48. The third kappa shape index (κ3) is 2.91. The molecule has 0 spiro atoms. The van der Waals surface area contributed by atoms with Crippen molar-refractivity contribution in [3.63, 3.8) is 0 Å². The minimum atomic E-state index is -3.90. The summed E-state index contributed by atoms with van der Waals surface area (Å²) in [5, 5.41) is 0. The van der Waals surface area contributed by atoms with Crippen LogP contribution in [0.1, 0.15) is 6.92 Å². The summed E-state index contributed by atoms with van der Waals surface area (Å²) < 4.78 is 45.3. The molecule has 5 nitrogen and oxygen atoms in total. The highest BCUT2D eigenvalue weighted by Crippen LogP contribution is 2.29. The summed E-state index contributed by atoms with van der Waals surface area (Å²) in [5.74, 6) is -0.826. The van der Waals surface area contributed by atoms with Crippen molar-refractivity contribution in [3.05, 3.63) is 22.4 Å². The van der Waals surface area contributed by atoms with Crippen molar-refractivity contribution in [1.82, 2.24) is 4.31 Å². The van der Waals surface area contributed by atoms with Crippen LogP contribution in [0.4, 0.5) is 10.1 Å². The molecule has 8 heteroatoms. The summed E-state index contributed by atoms with van der Waals surface area (Å²) in [5.41, 5.74) is 5.77. The lowest BCUT2D eigenvalue weighted by molar-refractivity contribution is 0.0101. The maximum Gasteiger partial charge on any atom is 0.246 e. The first kappa shape index (κ1) is 14.7. The quantitative estimate of drug-likeness (QED) is 0.820. The average molecular weight is 353 g/mol. The second kappa shape index (κ2) is 5.35. The van der Waals surface area contributed by atoms with Crippen LogP contribution in [0.25, 0.3) is 0 Å². The summed E-state index contributed by atoms with van der Waals surface area (Å²) in [6.07, 6.45) is -0.212. The largest absolute Gasteiger partial charge is 0.399 e. The van der Waals surface area contributed by atoms with Crippen LogP contribution in [0.5, 0.6) is 0 Å². The lowest BCUT2D eigenvalue weighted by Gasteiger charge is -2.30. The molecule has 0 saturated carbocycles. The van der Waals surface area contributed by atoms with Gasteiger partial charge in [-0.05, 0) is 35.0 Å². The molecule has 106 valence electrons. The Morgan fingerprint density at radius 2 is 2.21 bits per heavy atom. The number of nitrogens with two attached hydrogens (primary N) is 1. The molecule has 0 bridgehead atoms. The molecule has 1 heterocycles. The number of anilines is 1. The van der Waals surface area contributed by atoms with Crippen LogP contribution in [0.2, 0.25) is 0 Å². The lowest BCUT2D eigenvalue weighted by Crippen LogP contribution is -2.44. The molecule has 0 aromatic heterocycles. The summed E-state index contributed by atoms with van der Waals surface area (Å²) in [6, 6.07) is 2.46. The molecule has 2 rings (SSSR count). The van der Waals surface area contributed by atoms with Crippen LogP contribution >= 0.6 is 15.9 Å². The first-order valence-corrected chi connectivity index (χ1v) is 7.92. The Balaban J connectivity index is 2.45. The monoisotopic (exact) mass is 352 g/mol. The van der Waals surface area contributed by atoms with Gasteiger partial charge in [0.15, 0.2) is 5.82 Å². The maximum atomic E-state index is 14.0. The molecule has 1 saturated heterocycles. The van der Waals surface area contributed by atoms with Crippen LogP contribution in [0, 0.1) is 5.82 Å². The third-order valence-electron chi connectivity index (χ3n) is 2.84. The van der Waals surface area contributed by atoms with Crippen molar-refractivity contribution in [2.75, 3.05) is 25.4 Å². The number of rotatable bonds is 2. The first-order valence-electron chi connectivity index (χ1n) is 5.68. The predicted octanol–water partition coefficient (Wildman–Crippen LogP) is 1.58. The van der Waals surface area contributed by atoms with E-state index in [0.29, 0.717) is 6.61 Å². The second-order valence-electron chi connectivity index (χ2n) is 4.36. The van der Waals surface area contributed by atoms with E-state index in [2.05, 4.69) is 15.9 Å². The van der Waals surface area contributed by atoms with E-state index in [4.69, 9.17) is 10.5 Å². The average Bonchev–Trinajstić information content (AvgIpc) is 2.33. The number of benzene rings is 1. The predicted molar refractivity (Wildman–Crippen MR) is 72.7 cm³/mol. The fraction of sp³-hybridized carbons (Fsp3) is 0.455. The van der Waals surface area contributed by atoms with E-state index in [1.165, 1.54) is 10.4 Å². The molecule has 1 fully saturated rings. The van der Waals surface area contributed by atoms with E-state index in [1.54, 1.807) is 6.92 Å². The van der Waals surface area contributed by atoms with Gasteiger partial charge in [0.05, 0.1) is 17.2 Å². The fourth-order valence-corrected chi connectivity index (χ4v) is 4.15. The molecule has 1 aliphatic heterocycles. The molecule has 19 heavy (non-hydrogen) atoms. The van der Waals surface area contributed by atoms with Gasteiger partial charge in [-0.15, -0.1) is 0 Å². The highest BCUT2D eigenvalue weighted by Gasteiger charge is 2.32. The van der Waals surface area contributed by atoms with Crippen molar-refractivity contribution >= 4 is 31.6 Å². The highest BCUT2D eigenvalue weighted by molar-refractivity contribution is 9.10. The van der Waals surface area contributed by atoms with Crippen LogP contribution in [0.15, 0.2) is 21.5 Å². The highest BCUT2D eigenvalue weighted by atomic mass is 79.9. The Hall–Kier alpha value is -0.700. The molecule has 1 aromatic rings. The van der Waals surface area contributed by atoms with Gasteiger partial charge in [-0.2, -0.15) is 4.31 Å². The van der Waals surface area contributed by atoms with Crippen LogP contribution in [-0.4, -0.2) is 38.5 Å². The zero-order valence-corrected chi connectivity index (χ0v) is 12.7. The Labute approximate surface area is 119 Å². The number of hydrogen-bond donors (Lipinski definition) is 1. The lowest BCUT2D eigenvalue weighted by atomic mass is 10.3. The Morgan fingerprint density at radius 3 is 2.84 bits per heavy atom. The van der Waals surface area contributed by atoms with E-state index < -0.39 is 20.7 Å². The van der Waals surface area contributed by atoms with E-state index in [-0.39, 0.29) is 29.4 Å². The van der Waals surface area contributed by atoms with Crippen molar-refractivity contribution < 1.29 is 17.5 Å². The van der Waals surface area contributed by atoms with Crippen LogP contribution in [-0.2, 0) is 14.8 Å². The Bertz CT molecular complexity index is 594. The van der Waals surface area contributed by atoms with Crippen LogP contribution in [0.3, 0.4) is 0 Å². The second-order valence-corrected chi connectivity index (χ2v) is 7.12. The van der Waals surface area contributed by atoms with Gasteiger partial charge in [-0.25, -0.2) is 12.8 Å². The van der Waals surface area contributed by atoms with Gasteiger partial charge in [0.25, 0.3) is 0 Å². The van der Waals surface area contributed by atoms with Crippen molar-refractivity contribution in [2.24, 2.45) is 0 Å². The number of hydrogen-bond acceptors (Lipinski definition) is 4. The molecular weight excluding hydrogens is 339 g/mol. The molecule has 0 aliphatic carbocycles. The summed E-state index contributed by atoms with van der Waals surface area (Å²) >= 11 is 2.96. The minimum absolute atomic E-state index is 0.0346. The molecular formula is C11H14BrFN2O3S. The number of ether oxygens (including phenoxy) is 1. The summed E-state index contributed by atoms with van der Waals surface area (Å²) in [4.78, 5) is -0.409. The molecule has 1 unspecified atom stereocenters. The number of sulfonamides is 1. The molecule has 1 atom stereocenters. The first-order chi connectivity index (χ1) is 8.82. The summed E-state index contributed by atoms with van der Waals surface area (Å²) in [7, 11) is -3.90. The number of nitrogen functional groups attached to an aromatic ring is 1. The third-order valence-corrected chi connectivity index (χ3v) is 5.28. The van der Waals surface area contributed by atoms with Crippen LogP contribution < -0.4 is 5.73 Å².